The lowest BCUT2D eigenvalue weighted by atomic mass is 9.85. The molecule has 1 aromatic carbocycles. The van der Waals surface area contributed by atoms with Crippen LogP contribution in [0.25, 0.3) is 0 Å². The van der Waals surface area contributed by atoms with E-state index in [-0.39, 0.29) is 5.97 Å². The molecule has 2 atom stereocenters. The zero-order chi connectivity index (χ0) is 14.4. The van der Waals surface area contributed by atoms with Gasteiger partial charge < -0.3 is 9.47 Å². The van der Waals surface area contributed by atoms with Gasteiger partial charge in [0.2, 0.25) is 0 Å². The first kappa shape index (κ1) is 14.6. The fraction of sp³-hybridized carbons (Fsp3) is 0.471. The second-order valence-corrected chi connectivity index (χ2v) is 5.39. The highest BCUT2D eigenvalue weighted by molar-refractivity contribution is 5.72. The Balaban J connectivity index is 1.81. The number of esters is 1. The van der Waals surface area contributed by atoms with Crippen LogP contribution in [-0.4, -0.2) is 19.7 Å². The van der Waals surface area contributed by atoms with Crippen LogP contribution in [0.1, 0.15) is 25.3 Å². The van der Waals surface area contributed by atoms with Crippen LogP contribution in [0, 0.1) is 11.8 Å². The van der Waals surface area contributed by atoms with Crippen LogP contribution in [-0.2, 0) is 16.0 Å². The summed E-state index contributed by atoms with van der Waals surface area (Å²) < 4.78 is 10.6. The monoisotopic (exact) mass is 274 g/mol. The average Bonchev–Trinajstić information content (AvgIpc) is 2.46. The van der Waals surface area contributed by atoms with E-state index < -0.39 is 0 Å². The molecule has 0 radical (unpaired) electrons. The summed E-state index contributed by atoms with van der Waals surface area (Å²) in [5.41, 5.74) is 0.922. The first-order valence-electron chi connectivity index (χ1n) is 7.12. The van der Waals surface area contributed by atoms with E-state index in [1.165, 1.54) is 0 Å². The van der Waals surface area contributed by atoms with Crippen LogP contribution >= 0.6 is 0 Å². The van der Waals surface area contributed by atoms with E-state index in [4.69, 9.17) is 9.47 Å². The fourth-order valence-electron chi connectivity index (χ4n) is 2.44. The third-order valence-corrected chi connectivity index (χ3v) is 3.86. The maximum Gasteiger partial charge on any atom is 0.310 e. The van der Waals surface area contributed by atoms with Crippen LogP contribution < -0.4 is 4.74 Å². The lowest BCUT2D eigenvalue weighted by Crippen LogP contribution is -2.22. The summed E-state index contributed by atoms with van der Waals surface area (Å²) in [6.45, 7) is 2.73. The Morgan fingerprint density at radius 2 is 2.10 bits per heavy atom. The number of rotatable bonds is 5. The zero-order valence-electron chi connectivity index (χ0n) is 12.2. The van der Waals surface area contributed by atoms with Gasteiger partial charge in [-0.2, -0.15) is 0 Å². The zero-order valence-corrected chi connectivity index (χ0v) is 12.2. The molecule has 20 heavy (non-hydrogen) atoms. The summed E-state index contributed by atoms with van der Waals surface area (Å²) in [5, 5.41) is 0. The first-order valence-corrected chi connectivity index (χ1v) is 7.12. The largest absolute Gasteiger partial charge is 0.497 e. The Hall–Kier alpha value is -1.77. The molecule has 0 saturated carbocycles. The molecule has 3 heteroatoms. The Morgan fingerprint density at radius 3 is 2.85 bits per heavy atom. The van der Waals surface area contributed by atoms with Crippen molar-refractivity contribution in [3.8, 4) is 5.75 Å². The van der Waals surface area contributed by atoms with Gasteiger partial charge in [0.05, 0.1) is 20.1 Å². The molecular formula is C17H22O3. The van der Waals surface area contributed by atoms with Crippen LogP contribution in [0.4, 0.5) is 0 Å². The van der Waals surface area contributed by atoms with Gasteiger partial charge in [-0.15, -0.1) is 0 Å². The molecule has 0 fully saturated rings. The van der Waals surface area contributed by atoms with E-state index in [1.807, 2.05) is 24.3 Å². The molecule has 0 heterocycles. The van der Waals surface area contributed by atoms with Crippen molar-refractivity contribution in [3.63, 3.8) is 0 Å². The van der Waals surface area contributed by atoms with Crippen molar-refractivity contribution < 1.29 is 14.3 Å². The van der Waals surface area contributed by atoms with Crippen molar-refractivity contribution in [3.05, 3.63) is 42.0 Å². The third-order valence-electron chi connectivity index (χ3n) is 3.86. The average molecular weight is 274 g/mol. The third kappa shape index (κ3) is 4.12. The van der Waals surface area contributed by atoms with E-state index in [1.54, 1.807) is 7.11 Å². The molecule has 1 aliphatic rings. The summed E-state index contributed by atoms with van der Waals surface area (Å²) in [6, 6.07) is 7.53. The molecule has 0 aromatic heterocycles. The molecule has 0 aliphatic heterocycles. The number of ether oxygens (including phenoxy) is 2. The molecule has 2 rings (SSSR count). The van der Waals surface area contributed by atoms with Crippen molar-refractivity contribution >= 4 is 5.97 Å². The Kier molecular flexibility index (Phi) is 5.22. The van der Waals surface area contributed by atoms with Crippen LogP contribution in [0.5, 0.6) is 5.75 Å². The SMILES string of the molecule is COc1cccc(CC(=O)OC[C@@H]2CC=CC[C@@H]2C)c1. The molecule has 0 saturated heterocycles. The van der Waals surface area contributed by atoms with Gasteiger partial charge in [-0.1, -0.05) is 31.2 Å². The van der Waals surface area contributed by atoms with E-state index in [2.05, 4.69) is 19.1 Å². The number of methoxy groups -OCH3 is 1. The number of allylic oxidation sites excluding steroid dienone is 2. The minimum Gasteiger partial charge on any atom is -0.497 e. The van der Waals surface area contributed by atoms with Gasteiger partial charge >= 0.3 is 5.97 Å². The van der Waals surface area contributed by atoms with Crippen molar-refractivity contribution in [2.45, 2.75) is 26.2 Å². The first-order chi connectivity index (χ1) is 9.69. The van der Waals surface area contributed by atoms with E-state index in [9.17, 15) is 4.79 Å². The summed E-state index contributed by atoms with van der Waals surface area (Å²) in [6.07, 6.45) is 6.78. The van der Waals surface area contributed by atoms with Crippen LogP contribution in [0.15, 0.2) is 36.4 Å². The van der Waals surface area contributed by atoms with Crippen LogP contribution in [0.2, 0.25) is 0 Å². The van der Waals surface area contributed by atoms with Gasteiger partial charge in [0.25, 0.3) is 0 Å². The lowest BCUT2D eigenvalue weighted by molar-refractivity contribution is -0.144. The van der Waals surface area contributed by atoms with Gasteiger partial charge in [-0.05, 0) is 42.4 Å². The molecule has 1 aliphatic carbocycles. The second kappa shape index (κ2) is 7.13. The summed E-state index contributed by atoms with van der Waals surface area (Å²) in [7, 11) is 1.62. The number of carbonyl (C=O) groups is 1. The van der Waals surface area contributed by atoms with Gasteiger partial charge in [0, 0.05) is 0 Å². The molecule has 0 unspecified atom stereocenters. The maximum atomic E-state index is 11.9. The fourth-order valence-corrected chi connectivity index (χ4v) is 2.44. The van der Waals surface area contributed by atoms with Crippen molar-refractivity contribution in [1.29, 1.82) is 0 Å². The highest BCUT2D eigenvalue weighted by Gasteiger charge is 2.20. The normalized spacial score (nSPS) is 21.5. The number of hydrogen-bond acceptors (Lipinski definition) is 3. The minimum absolute atomic E-state index is 0.167. The maximum absolute atomic E-state index is 11.9. The predicted molar refractivity (Wildman–Crippen MR) is 78.7 cm³/mol. The van der Waals surface area contributed by atoms with Crippen LogP contribution in [0.3, 0.4) is 0 Å². The molecule has 0 N–H and O–H groups in total. The quantitative estimate of drug-likeness (QED) is 0.610. The highest BCUT2D eigenvalue weighted by Crippen LogP contribution is 2.25. The smallest absolute Gasteiger partial charge is 0.310 e. The molecule has 0 amide bonds. The lowest BCUT2D eigenvalue weighted by Gasteiger charge is -2.24. The molecule has 0 bridgehead atoms. The molecule has 0 spiro atoms. The summed E-state index contributed by atoms with van der Waals surface area (Å²) in [4.78, 5) is 11.9. The summed E-state index contributed by atoms with van der Waals surface area (Å²) >= 11 is 0. The number of benzene rings is 1. The predicted octanol–water partition coefficient (Wildman–Crippen LogP) is 3.38. The van der Waals surface area contributed by atoms with Crippen molar-refractivity contribution in [1.82, 2.24) is 0 Å². The van der Waals surface area contributed by atoms with Gasteiger partial charge in [-0.3, -0.25) is 4.79 Å². The summed E-state index contributed by atoms with van der Waals surface area (Å²) in [5.74, 6) is 1.64. The number of hydrogen-bond donors (Lipinski definition) is 0. The van der Waals surface area contributed by atoms with Gasteiger partial charge in [0.1, 0.15) is 5.75 Å². The van der Waals surface area contributed by atoms with E-state index in [0.717, 1.165) is 24.2 Å². The van der Waals surface area contributed by atoms with Crippen molar-refractivity contribution in [2.24, 2.45) is 11.8 Å². The molecular weight excluding hydrogens is 252 g/mol. The standard InChI is InChI=1S/C17H22O3/c1-13-6-3-4-8-15(13)12-20-17(18)11-14-7-5-9-16(10-14)19-2/h3-5,7,9-10,13,15H,6,8,11-12H2,1-2H3/t13-,15-/m0/s1. The molecule has 108 valence electrons. The van der Waals surface area contributed by atoms with Gasteiger partial charge in [0.15, 0.2) is 0 Å². The number of carbonyl (C=O) groups excluding carboxylic acids is 1. The van der Waals surface area contributed by atoms with Gasteiger partial charge in [-0.25, -0.2) is 0 Å². The molecule has 1 aromatic rings. The van der Waals surface area contributed by atoms with E-state index >= 15 is 0 Å². The molecule has 3 nitrogen and oxygen atoms in total. The van der Waals surface area contributed by atoms with Crippen molar-refractivity contribution in [2.75, 3.05) is 13.7 Å². The second-order valence-electron chi connectivity index (χ2n) is 5.39. The Bertz CT molecular complexity index is 479. The highest BCUT2D eigenvalue weighted by atomic mass is 16.5. The Morgan fingerprint density at radius 1 is 1.30 bits per heavy atom. The minimum atomic E-state index is -0.167. The topological polar surface area (TPSA) is 35.5 Å². The Labute approximate surface area is 120 Å². The van der Waals surface area contributed by atoms with E-state index in [0.29, 0.717) is 24.9 Å².